The van der Waals surface area contributed by atoms with E-state index in [1.807, 2.05) is 6.07 Å². The molecular formula is C21H32O3. The number of hydrogen-bond donors (Lipinski definition) is 0. The Labute approximate surface area is 146 Å². The van der Waals surface area contributed by atoms with E-state index in [9.17, 15) is 4.79 Å². The van der Waals surface area contributed by atoms with Gasteiger partial charge in [0.2, 0.25) is 0 Å². The summed E-state index contributed by atoms with van der Waals surface area (Å²) in [6.45, 7) is 3.64. The smallest absolute Gasteiger partial charge is 0.293 e. The van der Waals surface area contributed by atoms with Crippen molar-refractivity contribution >= 4 is 6.47 Å². The Morgan fingerprint density at radius 2 is 1.79 bits per heavy atom. The number of hydrogen-bond acceptors (Lipinski definition) is 3. The van der Waals surface area contributed by atoms with Crippen LogP contribution in [0.2, 0.25) is 0 Å². The molecule has 1 aliphatic rings. The van der Waals surface area contributed by atoms with E-state index in [0.717, 1.165) is 38.0 Å². The van der Waals surface area contributed by atoms with Gasteiger partial charge in [0.1, 0.15) is 11.9 Å². The minimum Gasteiger partial charge on any atom is -0.494 e. The Bertz CT molecular complexity index is 484. The molecule has 1 unspecified atom stereocenters. The molecule has 3 nitrogen and oxygen atoms in total. The third-order valence-corrected chi connectivity index (χ3v) is 4.88. The van der Waals surface area contributed by atoms with Gasteiger partial charge < -0.3 is 9.47 Å². The first-order valence-corrected chi connectivity index (χ1v) is 9.67. The Balaban J connectivity index is 1.61. The molecule has 0 fully saturated rings. The molecule has 1 aromatic carbocycles. The molecule has 134 valence electrons. The van der Waals surface area contributed by atoms with Crippen LogP contribution in [-0.4, -0.2) is 19.2 Å². The summed E-state index contributed by atoms with van der Waals surface area (Å²) in [4.78, 5) is 10.5. The molecule has 0 saturated carbocycles. The second-order valence-electron chi connectivity index (χ2n) is 6.85. The monoisotopic (exact) mass is 332 g/mol. The zero-order chi connectivity index (χ0) is 17.0. The number of aryl methyl sites for hydroxylation is 1. The highest BCUT2D eigenvalue weighted by Crippen LogP contribution is 2.27. The zero-order valence-electron chi connectivity index (χ0n) is 15.1. The normalized spacial score (nSPS) is 16.5. The van der Waals surface area contributed by atoms with Gasteiger partial charge in [-0.15, -0.1) is 0 Å². The summed E-state index contributed by atoms with van der Waals surface area (Å²) in [6, 6.07) is 6.34. The Hall–Kier alpha value is -1.51. The third-order valence-electron chi connectivity index (χ3n) is 4.88. The van der Waals surface area contributed by atoms with Crippen molar-refractivity contribution in [1.82, 2.24) is 0 Å². The molecule has 0 aromatic heterocycles. The molecule has 1 atom stereocenters. The average molecular weight is 332 g/mol. The molecule has 0 radical (unpaired) electrons. The van der Waals surface area contributed by atoms with E-state index < -0.39 is 0 Å². The summed E-state index contributed by atoms with van der Waals surface area (Å²) in [7, 11) is 0. The minimum atomic E-state index is 0.0408. The lowest BCUT2D eigenvalue weighted by Crippen LogP contribution is -2.22. The molecule has 0 heterocycles. The number of rotatable bonds is 12. The maximum Gasteiger partial charge on any atom is 0.293 e. The van der Waals surface area contributed by atoms with Gasteiger partial charge in [-0.2, -0.15) is 0 Å². The van der Waals surface area contributed by atoms with Gasteiger partial charge in [0.25, 0.3) is 6.47 Å². The van der Waals surface area contributed by atoms with E-state index in [1.165, 1.54) is 56.1 Å². The third kappa shape index (κ3) is 6.54. The van der Waals surface area contributed by atoms with Crippen molar-refractivity contribution in [3.05, 3.63) is 29.3 Å². The Kier molecular flexibility index (Phi) is 8.72. The molecule has 1 aromatic rings. The second kappa shape index (κ2) is 11.1. The van der Waals surface area contributed by atoms with Gasteiger partial charge in [0.05, 0.1) is 6.61 Å². The van der Waals surface area contributed by atoms with Crippen LogP contribution in [0.15, 0.2) is 18.2 Å². The number of fused-ring (bicyclic) bond motifs is 1. The van der Waals surface area contributed by atoms with Crippen LogP contribution in [0, 0.1) is 0 Å². The van der Waals surface area contributed by atoms with Crippen LogP contribution < -0.4 is 4.74 Å². The van der Waals surface area contributed by atoms with Crippen LogP contribution >= 0.6 is 0 Å². The lowest BCUT2D eigenvalue weighted by molar-refractivity contribution is -0.133. The molecule has 0 spiro atoms. The van der Waals surface area contributed by atoms with Crippen molar-refractivity contribution in [1.29, 1.82) is 0 Å². The molecule has 0 saturated heterocycles. The summed E-state index contributed by atoms with van der Waals surface area (Å²) in [5, 5.41) is 0. The standard InChI is InChI=1S/C21H32O3/c1-2-3-4-5-6-7-8-9-14-23-20-12-10-19-16-21(24-17-22)13-11-18(19)15-20/h10,12,15,17,21H,2-9,11,13-14,16H2,1H3. The summed E-state index contributed by atoms with van der Waals surface area (Å²) < 4.78 is 11.0. The quantitative estimate of drug-likeness (QED) is 0.388. The van der Waals surface area contributed by atoms with Crippen LogP contribution in [0.25, 0.3) is 0 Å². The van der Waals surface area contributed by atoms with E-state index in [-0.39, 0.29) is 6.10 Å². The highest BCUT2D eigenvalue weighted by Gasteiger charge is 2.19. The van der Waals surface area contributed by atoms with Crippen molar-refractivity contribution < 1.29 is 14.3 Å². The van der Waals surface area contributed by atoms with Gasteiger partial charge in [-0.3, -0.25) is 4.79 Å². The number of unbranched alkanes of at least 4 members (excludes halogenated alkanes) is 7. The van der Waals surface area contributed by atoms with E-state index in [2.05, 4.69) is 19.1 Å². The molecular weight excluding hydrogens is 300 g/mol. The van der Waals surface area contributed by atoms with E-state index in [0.29, 0.717) is 6.47 Å². The highest BCUT2D eigenvalue weighted by molar-refractivity contribution is 5.40. The zero-order valence-corrected chi connectivity index (χ0v) is 15.1. The molecule has 1 aliphatic carbocycles. The van der Waals surface area contributed by atoms with Crippen molar-refractivity contribution in [3.63, 3.8) is 0 Å². The molecule has 0 amide bonds. The maximum absolute atomic E-state index is 10.5. The lowest BCUT2D eigenvalue weighted by Gasteiger charge is -2.23. The fraction of sp³-hybridized carbons (Fsp3) is 0.667. The first kappa shape index (κ1) is 18.8. The molecule has 24 heavy (non-hydrogen) atoms. The fourth-order valence-electron chi connectivity index (χ4n) is 3.41. The first-order chi connectivity index (χ1) is 11.8. The van der Waals surface area contributed by atoms with Gasteiger partial charge in [0, 0.05) is 6.42 Å². The molecule has 0 aliphatic heterocycles. The maximum atomic E-state index is 10.5. The predicted molar refractivity (Wildman–Crippen MR) is 97.5 cm³/mol. The van der Waals surface area contributed by atoms with Crippen molar-refractivity contribution in [2.45, 2.75) is 83.7 Å². The summed E-state index contributed by atoms with van der Waals surface area (Å²) in [5.74, 6) is 0.978. The van der Waals surface area contributed by atoms with Gasteiger partial charge in [-0.1, -0.05) is 57.9 Å². The highest BCUT2D eigenvalue weighted by atomic mass is 16.5. The minimum absolute atomic E-state index is 0.0408. The van der Waals surface area contributed by atoms with E-state index >= 15 is 0 Å². The van der Waals surface area contributed by atoms with Crippen LogP contribution in [0.4, 0.5) is 0 Å². The Morgan fingerprint density at radius 3 is 2.54 bits per heavy atom. The van der Waals surface area contributed by atoms with Crippen molar-refractivity contribution in [2.75, 3.05) is 6.61 Å². The average Bonchev–Trinajstić information content (AvgIpc) is 2.60. The largest absolute Gasteiger partial charge is 0.494 e. The summed E-state index contributed by atoms with van der Waals surface area (Å²) in [5.41, 5.74) is 2.63. The van der Waals surface area contributed by atoms with Crippen molar-refractivity contribution in [2.24, 2.45) is 0 Å². The van der Waals surface area contributed by atoms with Crippen LogP contribution in [0.3, 0.4) is 0 Å². The topological polar surface area (TPSA) is 35.5 Å². The van der Waals surface area contributed by atoms with Crippen molar-refractivity contribution in [3.8, 4) is 5.75 Å². The predicted octanol–water partition coefficient (Wildman–Crippen LogP) is 5.24. The number of benzene rings is 1. The fourth-order valence-corrected chi connectivity index (χ4v) is 3.41. The van der Waals surface area contributed by atoms with Crippen LogP contribution in [-0.2, 0) is 22.4 Å². The number of carbonyl (C=O) groups is 1. The lowest BCUT2D eigenvalue weighted by atomic mass is 9.89. The SMILES string of the molecule is CCCCCCCCCCOc1ccc2c(c1)CCC(OC=O)C2. The van der Waals surface area contributed by atoms with E-state index in [4.69, 9.17) is 9.47 Å². The van der Waals surface area contributed by atoms with Gasteiger partial charge in [-0.25, -0.2) is 0 Å². The molecule has 3 heteroatoms. The second-order valence-corrected chi connectivity index (χ2v) is 6.85. The van der Waals surface area contributed by atoms with Gasteiger partial charge >= 0.3 is 0 Å². The van der Waals surface area contributed by atoms with Crippen LogP contribution in [0.5, 0.6) is 5.75 Å². The van der Waals surface area contributed by atoms with Crippen LogP contribution in [0.1, 0.15) is 75.8 Å². The molecule has 0 N–H and O–H groups in total. The number of ether oxygens (including phenoxy) is 2. The van der Waals surface area contributed by atoms with Gasteiger partial charge in [-0.05, 0) is 42.5 Å². The summed E-state index contributed by atoms with van der Waals surface area (Å²) in [6.07, 6.45) is 13.3. The summed E-state index contributed by atoms with van der Waals surface area (Å²) >= 11 is 0. The number of carbonyl (C=O) groups excluding carboxylic acids is 1. The molecule has 2 rings (SSSR count). The first-order valence-electron chi connectivity index (χ1n) is 9.67. The van der Waals surface area contributed by atoms with E-state index in [1.54, 1.807) is 0 Å². The van der Waals surface area contributed by atoms with Gasteiger partial charge in [0.15, 0.2) is 0 Å². The Morgan fingerprint density at radius 1 is 1.04 bits per heavy atom. The molecule has 0 bridgehead atoms.